The molecule has 5 aromatic rings. The number of aromatic amines is 1. The summed E-state index contributed by atoms with van der Waals surface area (Å²) >= 11 is 6.63. The summed E-state index contributed by atoms with van der Waals surface area (Å²) < 4.78 is 7.03. The number of aryl methyl sites for hydroxylation is 2. The summed E-state index contributed by atoms with van der Waals surface area (Å²) in [4.78, 5) is 19.1. The van der Waals surface area contributed by atoms with Crippen molar-refractivity contribution in [2.24, 2.45) is 0 Å². The molecule has 0 aliphatic carbocycles. The molecule has 0 radical (unpaired) electrons. The van der Waals surface area contributed by atoms with Crippen molar-refractivity contribution >= 4 is 22.5 Å². The van der Waals surface area contributed by atoms with E-state index >= 15 is 0 Å². The number of pyridine rings is 1. The predicted octanol–water partition coefficient (Wildman–Crippen LogP) is 5.22. The number of nitrogens with zero attached hydrogens (tertiary/aromatic N) is 5. The molecule has 0 aliphatic heterocycles. The second-order valence-electron chi connectivity index (χ2n) is 9.74. The van der Waals surface area contributed by atoms with Gasteiger partial charge in [-0.2, -0.15) is 0 Å². The lowest BCUT2D eigenvalue weighted by Crippen LogP contribution is -2.35. The Bertz CT molecular complexity index is 1630. The highest BCUT2D eigenvalue weighted by Crippen LogP contribution is 2.32. The molecule has 0 saturated heterocycles. The Labute approximate surface area is 232 Å². The number of nitrogens with one attached hydrogen (secondary N) is 1. The zero-order valence-electron chi connectivity index (χ0n) is 22.3. The molecule has 0 amide bonds. The summed E-state index contributed by atoms with van der Waals surface area (Å²) in [5.74, 6) is 0.559. The normalized spacial score (nSPS) is 12.3. The Morgan fingerprint density at radius 1 is 1.03 bits per heavy atom. The Balaban J connectivity index is 1.72. The third kappa shape index (κ3) is 5.93. The van der Waals surface area contributed by atoms with Gasteiger partial charge in [0.1, 0.15) is 6.04 Å². The van der Waals surface area contributed by atoms with Gasteiger partial charge in [-0.15, -0.1) is 5.10 Å². The SMILES string of the molecule is COCCn1nnnc1[C@H](c1cc2cc(C)cc(C)c2[nH]c1=O)N(Cc1ccccc1)Cc1ccccc1Cl. The topological polar surface area (TPSA) is 88.9 Å². The zero-order chi connectivity index (χ0) is 27.4. The quantitative estimate of drug-likeness (QED) is 0.260. The molecular formula is C30H31ClN6O2. The zero-order valence-corrected chi connectivity index (χ0v) is 23.0. The summed E-state index contributed by atoms with van der Waals surface area (Å²) in [6, 6.07) is 23.5. The maximum atomic E-state index is 13.8. The van der Waals surface area contributed by atoms with Crippen LogP contribution in [0, 0.1) is 13.8 Å². The fourth-order valence-electron chi connectivity index (χ4n) is 5.05. The summed E-state index contributed by atoms with van der Waals surface area (Å²) in [7, 11) is 1.64. The van der Waals surface area contributed by atoms with Gasteiger partial charge in [-0.25, -0.2) is 4.68 Å². The van der Waals surface area contributed by atoms with E-state index in [4.69, 9.17) is 16.3 Å². The first kappa shape index (κ1) is 26.7. The molecule has 0 fully saturated rings. The number of H-pyrrole nitrogens is 1. The van der Waals surface area contributed by atoms with Gasteiger partial charge in [0.15, 0.2) is 5.82 Å². The van der Waals surface area contributed by atoms with E-state index in [0.717, 1.165) is 33.2 Å². The minimum absolute atomic E-state index is 0.182. The summed E-state index contributed by atoms with van der Waals surface area (Å²) in [6.45, 7) is 5.95. The van der Waals surface area contributed by atoms with Crippen molar-refractivity contribution in [2.45, 2.75) is 39.5 Å². The Hall–Kier alpha value is -3.85. The number of hydrogen-bond donors (Lipinski definition) is 1. The van der Waals surface area contributed by atoms with Gasteiger partial charge in [0, 0.05) is 30.8 Å². The summed E-state index contributed by atoms with van der Waals surface area (Å²) in [5, 5.41) is 14.3. The van der Waals surface area contributed by atoms with Crippen LogP contribution in [0.5, 0.6) is 0 Å². The average Bonchev–Trinajstić information content (AvgIpc) is 3.38. The second-order valence-corrected chi connectivity index (χ2v) is 10.1. The molecule has 8 nitrogen and oxygen atoms in total. The fraction of sp³-hybridized carbons (Fsp3) is 0.267. The van der Waals surface area contributed by atoms with Gasteiger partial charge >= 0.3 is 0 Å². The van der Waals surface area contributed by atoms with Crippen molar-refractivity contribution in [1.82, 2.24) is 30.1 Å². The van der Waals surface area contributed by atoms with Crippen LogP contribution in [0.4, 0.5) is 0 Å². The molecule has 2 aromatic heterocycles. The van der Waals surface area contributed by atoms with Crippen LogP contribution in [0.1, 0.15) is 39.7 Å². The molecule has 0 spiro atoms. The first-order valence-corrected chi connectivity index (χ1v) is 13.2. The van der Waals surface area contributed by atoms with Crippen LogP contribution < -0.4 is 5.56 Å². The Morgan fingerprint density at radius 3 is 2.56 bits per heavy atom. The van der Waals surface area contributed by atoms with E-state index < -0.39 is 6.04 Å². The Kier molecular flexibility index (Phi) is 8.16. The molecule has 200 valence electrons. The first-order valence-electron chi connectivity index (χ1n) is 12.8. The molecule has 9 heteroatoms. The lowest BCUT2D eigenvalue weighted by atomic mass is 9.99. The maximum Gasteiger partial charge on any atom is 0.253 e. The molecule has 39 heavy (non-hydrogen) atoms. The summed E-state index contributed by atoms with van der Waals surface area (Å²) in [5.41, 5.74) is 5.38. The lowest BCUT2D eigenvalue weighted by molar-refractivity contribution is 0.169. The van der Waals surface area contributed by atoms with Crippen LogP contribution in [0.25, 0.3) is 10.9 Å². The second kappa shape index (κ2) is 11.9. The Morgan fingerprint density at radius 2 is 1.79 bits per heavy atom. The van der Waals surface area contributed by atoms with E-state index in [-0.39, 0.29) is 5.56 Å². The number of benzene rings is 3. The van der Waals surface area contributed by atoms with E-state index in [1.165, 1.54) is 0 Å². The van der Waals surface area contributed by atoms with Gasteiger partial charge in [-0.3, -0.25) is 9.69 Å². The molecular weight excluding hydrogens is 512 g/mol. The molecule has 3 aromatic carbocycles. The van der Waals surface area contributed by atoms with Gasteiger partial charge < -0.3 is 9.72 Å². The van der Waals surface area contributed by atoms with Gasteiger partial charge in [0.05, 0.1) is 18.7 Å². The molecule has 0 saturated carbocycles. The minimum Gasteiger partial charge on any atom is -0.383 e. The van der Waals surface area contributed by atoms with Crippen LogP contribution in [0.3, 0.4) is 0 Å². The fourth-order valence-corrected chi connectivity index (χ4v) is 5.25. The smallest absolute Gasteiger partial charge is 0.253 e. The van der Waals surface area contributed by atoms with Crippen LogP contribution in [-0.4, -0.2) is 43.8 Å². The number of rotatable bonds is 10. The molecule has 1 atom stereocenters. The van der Waals surface area contributed by atoms with Crippen molar-refractivity contribution in [1.29, 1.82) is 0 Å². The summed E-state index contributed by atoms with van der Waals surface area (Å²) in [6.07, 6.45) is 0. The molecule has 0 bridgehead atoms. The van der Waals surface area contributed by atoms with E-state index in [2.05, 4.69) is 56.6 Å². The van der Waals surface area contributed by atoms with Crippen LogP contribution >= 0.6 is 11.6 Å². The molecule has 2 heterocycles. The van der Waals surface area contributed by atoms with Gasteiger partial charge in [0.25, 0.3) is 5.56 Å². The predicted molar refractivity (Wildman–Crippen MR) is 153 cm³/mol. The highest BCUT2D eigenvalue weighted by atomic mass is 35.5. The number of ether oxygens (including phenoxy) is 1. The minimum atomic E-state index is -0.567. The van der Waals surface area contributed by atoms with Crippen LogP contribution in [0.15, 0.2) is 77.6 Å². The van der Waals surface area contributed by atoms with E-state index in [1.807, 2.05) is 55.5 Å². The molecule has 0 aliphatic rings. The number of fused-ring (bicyclic) bond motifs is 1. The maximum absolute atomic E-state index is 13.8. The van der Waals surface area contributed by atoms with Crippen LogP contribution in [-0.2, 0) is 24.4 Å². The van der Waals surface area contributed by atoms with Crippen molar-refractivity contribution in [3.8, 4) is 0 Å². The first-order chi connectivity index (χ1) is 18.9. The van der Waals surface area contributed by atoms with Gasteiger partial charge in [0.2, 0.25) is 0 Å². The monoisotopic (exact) mass is 542 g/mol. The molecule has 1 N–H and O–H groups in total. The lowest BCUT2D eigenvalue weighted by Gasteiger charge is -2.31. The third-order valence-corrected chi connectivity index (χ3v) is 7.22. The number of halogens is 1. The highest BCUT2D eigenvalue weighted by molar-refractivity contribution is 6.31. The third-order valence-electron chi connectivity index (χ3n) is 6.85. The standard InChI is InChI=1S/C30H31ClN6O2/c1-20-15-21(2)27-24(16-20)17-25(30(38)32-27)28(29-33-34-35-37(29)13-14-39-3)36(18-22-9-5-4-6-10-22)19-23-11-7-8-12-26(23)31/h4-12,15-17,28H,13-14,18-19H2,1-3H3,(H,32,38)/t28-/m0/s1. The number of aromatic nitrogens is 5. The highest BCUT2D eigenvalue weighted by Gasteiger charge is 2.31. The number of methoxy groups -OCH3 is 1. The van der Waals surface area contributed by atoms with Gasteiger partial charge in [-0.1, -0.05) is 71.8 Å². The number of hydrogen-bond acceptors (Lipinski definition) is 6. The van der Waals surface area contributed by atoms with E-state index in [1.54, 1.807) is 11.8 Å². The van der Waals surface area contributed by atoms with Crippen LogP contribution in [0.2, 0.25) is 5.02 Å². The van der Waals surface area contributed by atoms with Crippen molar-refractivity contribution in [2.75, 3.05) is 13.7 Å². The van der Waals surface area contributed by atoms with Crippen molar-refractivity contribution < 1.29 is 4.74 Å². The van der Waals surface area contributed by atoms with Crippen molar-refractivity contribution in [3.05, 3.63) is 122 Å². The number of tetrazole rings is 1. The largest absolute Gasteiger partial charge is 0.383 e. The van der Waals surface area contributed by atoms with E-state index in [9.17, 15) is 4.79 Å². The average molecular weight is 543 g/mol. The van der Waals surface area contributed by atoms with Crippen molar-refractivity contribution in [3.63, 3.8) is 0 Å². The molecule has 0 unspecified atom stereocenters. The molecule has 5 rings (SSSR count). The van der Waals surface area contributed by atoms with E-state index in [0.29, 0.717) is 42.7 Å². The van der Waals surface area contributed by atoms with Gasteiger partial charge in [-0.05, 0) is 64.5 Å².